The summed E-state index contributed by atoms with van der Waals surface area (Å²) in [5, 5.41) is 2.70. The van der Waals surface area contributed by atoms with Crippen molar-refractivity contribution in [1.82, 2.24) is 0 Å². The lowest BCUT2D eigenvalue weighted by molar-refractivity contribution is -0.147. The number of hydrogen-bond acceptors (Lipinski definition) is 2. The molecule has 0 bridgehead atoms. The predicted molar refractivity (Wildman–Crippen MR) is 122 cm³/mol. The number of hydrogen-bond donors (Lipinski definition) is 0. The van der Waals surface area contributed by atoms with E-state index in [1.807, 2.05) is 13.0 Å². The third kappa shape index (κ3) is 4.33. The topological polar surface area (TPSA) is 26.3 Å². The standard InChI is InChI=1S/C26H25O2P/c1-2-28-26(27)22-18-24(20-12-6-3-7-13-20)25(21-14-8-4-9-15-21)29(19-22)23-16-10-5-11-17-23/h3-17,22H,2,18-19H2,1H3. The summed E-state index contributed by atoms with van der Waals surface area (Å²) in [6, 6.07) is 31.8. The van der Waals surface area contributed by atoms with Gasteiger partial charge in [-0.1, -0.05) is 91.0 Å². The molecule has 1 aliphatic heterocycles. The summed E-state index contributed by atoms with van der Waals surface area (Å²) in [6.07, 6.45) is 1.55. The first-order chi connectivity index (χ1) is 14.3. The minimum absolute atomic E-state index is 0.0727. The molecule has 29 heavy (non-hydrogen) atoms. The summed E-state index contributed by atoms with van der Waals surface area (Å²) in [4.78, 5) is 12.8. The van der Waals surface area contributed by atoms with Crippen LogP contribution in [0.5, 0.6) is 0 Å². The molecule has 0 N–H and O–H groups in total. The van der Waals surface area contributed by atoms with Crippen LogP contribution in [0.4, 0.5) is 0 Å². The quantitative estimate of drug-likeness (QED) is 0.391. The highest BCUT2D eigenvalue weighted by Crippen LogP contribution is 2.59. The molecule has 0 aliphatic carbocycles. The van der Waals surface area contributed by atoms with E-state index in [4.69, 9.17) is 4.74 Å². The average molecular weight is 400 g/mol. The fraction of sp³-hybridized carbons (Fsp3) is 0.192. The van der Waals surface area contributed by atoms with Crippen molar-refractivity contribution in [3.8, 4) is 0 Å². The molecule has 4 rings (SSSR count). The van der Waals surface area contributed by atoms with Crippen molar-refractivity contribution in [3.05, 3.63) is 102 Å². The van der Waals surface area contributed by atoms with E-state index in [2.05, 4.69) is 84.9 Å². The molecule has 2 atom stereocenters. The van der Waals surface area contributed by atoms with E-state index in [-0.39, 0.29) is 11.9 Å². The molecule has 2 unspecified atom stereocenters. The molecule has 0 aromatic heterocycles. The van der Waals surface area contributed by atoms with Gasteiger partial charge in [-0.3, -0.25) is 4.79 Å². The molecule has 0 fully saturated rings. The van der Waals surface area contributed by atoms with Gasteiger partial charge in [0, 0.05) is 0 Å². The van der Waals surface area contributed by atoms with Crippen molar-refractivity contribution in [2.45, 2.75) is 13.3 Å². The Bertz CT molecular complexity index is 981. The van der Waals surface area contributed by atoms with Crippen molar-refractivity contribution in [2.75, 3.05) is 12.8 Å². The Balaban J connectivity index is 1.91. The Morgan fingerprint density at radius 2 is 1.41 bits per heavy atom. The summed E-state index contributed by atoms with van der Waals surface area (Å²) in [5.74, 6) is -0.180. The molecule has 2 nitrogen and oxygen atoms in total. The Hall–Kier alpha value is -2.70. The number of benzene rings is 3. The second-order valence-electron chi connectivity index (χ2n) is 7.16. The number of rotatable bonds is 5. The highest BCUT2D eigenvalue weighted by atomic mass is 31.1. The van der Waals surface area contributed by atoms with Gasteiger partial charge < -0.3 is 4.74 Å². The van der Waals surface area contributed by atoms with Gasteiger partial charge in [-0.05, 0) is 54.7 Å². The lowest BCUT2D eigenvalue weighted by atomic mass is 9.92. The monoisotopic (exact) mass is 400 g/mol. The normalized spacial score (nSPS) is 19.1. The number of ether oxygens (including phenoxy) is 1. The van der Waals surface area contributed by atoms with Gasteiger partial charge in [-0.25, -0.2) is 0 Å². The first kappa shape index (κ1) is 19.6. The summed E-state index contributed by atoms with van der Waals surface area (Å²) >= 11 is 0. The maximum Gasteiger partial charge on any atom is 0.309 e. The predicted octanol–water partition coefficient (Wildman–Crippen LogP) is 5.95. The van der Waals surface area contributed by atoms with Gasteiger partial charge in [-0.2, -0.15) is 0 Å². The van der Waals surface area contributed by atoms with Crippen LogP contribution < -0.4 is 5.30 Å². The van der Waals surface area contributed by atoms with Crippen LogP contribution in [0.25, 0.3) is 10.9 Å². The van der Waals surface area contributed by atoms with E-state index in [1.165, 1.54) is 27.3 Å². The second-order valence-corrected chi connectivity index (χ2v) is 9.34. The smallest absolute Gasteiger partial charge is 0.309 e. The van der Waals surface area contributed by atoms with Gasteiger partial charge in [-0.15, -0.1) is 0 Å². The van der Waals surface area contributed by atoms with Crippen LogP contribution in [0.15, 0.2) is 91.0 Å². The third-order valence-electron chi connectivity index (χ3n) is 5.27. The fourth-order valence-electron chi connectivity index (χ4n) is 3.96. The molecule has 0 amide bonds. The zero-order valence-electron chi connectivity index (χ0n) is 16.6. The highest BCUT2D eigenvalue weighted by molar-refractivity contribution is 7.76. The van der Waals surface area contributed by atoms with E-state index in [9.17, 15) is 4.79 Å². The first-order valence-corrected chi connectivity index (χ1v) is 11.6. The lowest BCUT2D eigenvalue weighted by Gasteiger charge is -2.34. The largest absolute Gasteiger partial charge is 0.466 e. The lowest BCUT2D eigenvalue weighted by Crippen LogP contribution is -2.26. The number of esters is 1. The maximum absolute atomic E-state index is 12.8. The number of carbonyl (C=O) groups is 1. The van der Waals surface area contributed by atoms with Crippen LogP contribution in [0.3, 0.4) is 0 Å². The summed E-state index contributed by atoms with van der Waals surface area (Å²) in [7, 11) is -0.673. The molecule has 0 saturated heterocycles. The van der Waals surface area contributed by atoms with Crippen LogP contribution in [0, 0.1) is 5.92 Å². The van der Waals surface area contributed by atoms with Crippen LogP contribution in [0.2, 0.25) is 0 Å². The Morgan fingerprint density at radius 1 is 0.862 bits per heavy atom. The molecule has 0 saturated carbocycles. The van der Waals surface area contributed by atoms with Crippen LogP contribution in [-0.2, 0) is 9.53 Å². The first-order valence-electron chi connectivity index (χ1n) is 10.1. The van der Waals surface area contributed by atoms with Crippen molar-refractivity contribution in [2.24, 2.45) is 5.92 Å². The average Bonchev–Trinajstić information content (AvgIpc) is 2.80. The van der Waals surface area contributed by atoms with Crippen LogP contribution in [-0.4, -0.2) is 18.7 Å². The third-order valence-corrected chi connectivity index (χ3v) is 8.06. The molecule has 3 heteroatoms. The summed E-state index contributed by atoms with van der Waals surface area (Å²) < 4.78 is 5.44. The van der Waals surface area contributed by atoms with Gasteiger partial charge >= 0.3 is 5.97 Å². The van der Waals surface area contributed by atoms with E-state index >= 15 is 0 Å². The molecular weight excluding hydrogens is 375 g/mol. The van der Waals surface area contributed by atoms with Crippen LogP contribution >= 0.6 is 7.92 Å². The minimum Gasteiger partial charge on any atom is -0.466 e. The number of carbonyl (C=O) groups excluding carboxylic acids is 1. The Labute approximate surface area is 174 Å². The van der Waals surface area contributed by atoms with Crippen molar-refractivity contribution >= 4 is 30.1 Å². The molecule has 0 radical (unpaired) electrons. The van der Waals surface area contributed by atoms with Gasteiger partial charge in [0.1, 0.15) is 0 Å². The Morgan fingerprint density at radius 3 is 2.00 bits per heavy atom. The van der Waals surface area contributed by atoms with Gasteiger partial charge in [0.2, 0.25) is 0 Å². The van der Waals surface area contributed by atoms with E-state index in [1.54, 1.807) is 0 Å². The molecular formula is C26H25O2P. The maximum atomic E-state index is 12.8. The van der Waals surface area contributed by atoms with E-state index < -0.39 is 7.92 Å². The summed E-state index contributed by atoms with van der Waals surface area (Å²) in [5.41, 5.74) is 3.73. The Kier molecular flexibility index (Phi) is 6.22. The van der Waals surface area contributed by atoms with E-state index in [0.29, 0.717) is 6.61 Å². The van der Waals surface area contributed by atoms with Crippen molar-refractivity contribution in [3.63, 3.8) is 0 Å². The highest BCUT2D eigenvalue weighted by Gasteiger charge is 2.35. The molecule has 0 spiro atoms. The fourth-order valence-corrected chi connectivity index (χ4v) is 6.87. The van der Waals surface area contributed by atoms with Crippen molar-refractivity contribution in [1.29, 1.82) is 0 Å². The van der Waals surface area contributed by atoms with Crippen LogP contribution in [0.1, 0.15) is 24.5 Å². The molecule has 3 aromatic carbocycles. The SMILES string of the molecule is CCOC(=O)C1CC(c2ccccc2)=C(c2ccccc2)P(c2ccccc2)C1. The van der Waals surface area contributed by atoms with Gasteiger partial charge in [0.15, 0.2) is 0 Å². The molecule has 1 aliphatic rings. The van der Waals surface area contributed by atoms with Gasteiger partial charge in [0.25, 0.3) is 0 Å². The van der Waals surface area contributed by atoms with Gasteiger partial charge in [0.05, 0.1) is 12.5 Å². The zero-order valence-corrected chi connectivity index (χ0v) is 17.5. The second kappa shape index (κ2) is 9.20. The van der Waals surface area contributed by atoms with E-state index in [0.717, 1.165) is 12.6 Å². The zero-order chi connectivity index (χ0) is 20.1. The van der Waals surface area contributed by atoms with Crippen molar-refractivity contribution < 1.29 is 9.53 Å². The minimum atomic E-state index is -0.673. The number of allylic oxidation sites excluding steroid dienone is 1. The molecule has 3 aromatic rings. The molecule has 1 heterocycles. The summed E-state index contributed by atoms with van der Waals surface area (Å²) in [6.45, 7) is 2.30. The molecule has 146 valence electrons.